The number of nitrogens with one attached hydrogen (secondary N) is 2. The van der Waals surface area contributed by atoms with Crippen LogP contribution in [0.1, 0.15) is 39.5 Å². The van der Waals surface area contributed by atoms with Gasteiger partial charge in [0.2, 0.25) is 5.91 Å². The predicted octanol–water partition coefficient (Wildman–Crippen LogP) is -0.238. The van der Waals surface area contributed by atoms with Crippen LogP contribution in [0.3, 0.4) is 0 Å². The van der Waals surface area contributed by atoms with Crippen molar-refractivity contribution in [2.45, 2.75) is 93.7 Å². The Labute approximate surface area is 205 Å². The van der Waals surface area contributed by atoms with Crippen molar-refractivity contribution in [1.29, 1.82) is 0 Å². The van der Waals surface area contributed by atoms with E-state index < -0.39 is 48.0 Å². The zero-order valence-corrected chi connectivity index (χ0v) is 20.8. The molecular formula is C24H40N2O7S. The van der Waals surface area contributed by atoms with Crippen LogP contribution in [0, 0.1) is 17.8 Å². The third-order valence-corrected chi connectivity index (χ3v) is 8.72. The van der Waals surface area contributed by atoms with Crippen molar-refractivity contribution >= 4 is 17.7 Å². The molecule has 2 bridgehead atoms. The molecular weight excluding hydrogens is 460 g/mol. The molecule has 9 nitrogen and oxygen atoms in total. The lowest BCUT2D eigenvalue weighted by Gasteiger charge is -2.44. The van der Waals surface area contributed by atoms with Crippen molar-refractivity contribution in [3.8, 4) is 0 Å². The SMILES string of the molecule is CC(C)C[C@@H]1CCO[C@@H]2[C@H](CN[C@@H]2C(=O)N[C@@H]2C/C=C/[C@H](O)CSC3O[C@H]2C(O)C(O)[C@H]3O)C1. The first-order chi connectivity index (χ1) is 16.2. The molecule has 11 atom stereocenters. The third kappa shape index (κ3) is 5.98. The van der Waals surface area contributed by atoms with Gasteiger partial charge in [-0.05, 0) is 43.4 Å². The first-order valence-electron chi connectivity index (χ1n) is 12.6. The van der Waals surface area contributed by atoms with Crippen molar-refractivity contribution in [3.05, 3.63) is 12.2 Å². The maximum atomic E-state index is 13.4. The summed E-state index contributed by atoms with van der Waals surface area (Å²) in [6, 6.07) is -1.15. The Morgan fingerprint density at radius 3 is 2.74 bits per heavy atom. The molecule has 0 aromatic carbocycles. The molecule has 4 rings (SSSR count). The van der Waals surface area contributed by atoms with E-state index in [9.17, 15) is 25.2 Å². The Morgan fingerprint density at radius 1 is 1.18 bits per heavy atom. The molecule has 1 amide bonds. The zero-order chi connectivity index (χ0) is 24.4. The normalized spacial score (nSPS) is 46.4. The second-order valence-electron chi connectivity index (χ2n) is 10.6. The van der Waals surface area contributed by atoms with E-state index in [2.05, 4.69) is 24.5 Å². The van der Waals surface area contributed by atoms with Crippen molar-refractivity contribution in [2.24, 2.45) is 17.8 Å². The van der Waals surface area contributed by atoms with Gasteiger partial charge in [0.05, 0.1) is 18.2 Å². The van der Waals surface area contributed by atoms with Crippen LogP contribution in [-0.2, 0) is 14.3 Å². The molecule has 3 saturated heterocycles. The number of aliphatic hydroxyl groups is 4. The predicted molar refractivity (Wildman–Crippen MR) is 128 cm³/mol. The Hall–Kier alpha value is -0.720. The number of ether oxygens (including phenoxy) is 2. The fourth-order valence-electron chi connectivity index (χ4n) is 5.79. The number of thioether (sulfide) groups is 1. The minimum Gasteiger partial charge on any atom is -0.388 e. The largest absolute Gasteiger partial charge is 0.388 e. The minimum atomic E-state index is -1.41. The van der Waals surface area contributed by atoms with E-state index in [1.54, 1.807) is 12.2 Å². The van der Waals surface area contributed by atoms with E-state index in [1.165, 1.54) is 11.8 Å². The minimum absolute atomic E-state index is 0.207. The van der Waals surface area contributed by atoms with E-state index in [0.29, 0.717) is 24.9 Å². The van der Waals surface area contributed by atoms with Crippen LogP contribution in [0.15, 0.2) is 12.2 Å². The number of fused-ring (bicyclic) bond motifs is 3. The Morgan fingerprint density at radius 2 is 1.97 bits per heavy atom. The average molecular weight is 501 g/mol. The molecule has 4 aliphatic heterocycles. The standard InChI is InChI=1S/C24H40N2O7S/c1-12(2)8-13-6-7-32-21-14(9-13)10-25-17(21)23(31)26-16-5-3-4-15(27)11-34-24-20(30)18(28)19(29)22(16)33-24/h3-4,12-22,24-25,27-30H,5-11H2,1-2H3,(H,26,31)/b4-3+/t13-,14-,15-,16+,17-,18?,19?,20+,21+,22+,24?/m0/s1. The molecule has 0 radical (unpaired) electrons. The molecule has 4 heterocycles. The second kappa shape index (κ2) is 11.6. The lowest BCUT2D eigenvalue weighted by Crippen LogP contribution is -2.64. The van der Waals surface area contributed by atoms with Gasteiger partial charge in [-0.2, -0.15) is 0 Å². The number of rotatable bonds is 4. The highest BCUT2D eigenvalue weighted by Crippen LogP contribution is 2.35. The van der Waals surface area contributed by atoms with Gasteiger partial charge in [0.15, 0.2) is 0 Å². The lowest BCUT2D eigenvalue weighted by atomic mass is 9.85. The van der Waals surface area contributed by atoms with Gasteiger partial charge in [0.25, 0.3) is 0 Å². The fourth-order valence-corrected chi connectivity index (χ4v) is 6.86. The van der Waals surface area contributed by atoms with E-state index in [1.807, 2.05) is 0 Å². The number of amides is 1. The van der Waals surface area contributed by atoms with Crippen LogP contribution >= 0.6 is 11.8 Å². The second-order valence-corrected chi connectivity index (χ2v) is 11.8. The Bertz CT molecular complexity index is 725. The summed E-state index contributed by atoms with van der Waals surface area (Å²) in [7, 11) is 0. The van der Waals surface area contributed by atoms with Crippen LogP contribution in [-0.4, -0.2) is 99.4 Å². The number of aliphatic hydroxyl groups excluding tert-OH is 4. The van der Waals surface area contributed by atoms with E-state index in [-0.39, 0.29) is 23.7 Å². The summed E-state index contributed by atoms with van der Waals surface area (Å²) in [6.07, 6.45) is 1.02. The molecule has 3 fully saturated rings. The fraction of sp³-hybridized carbons (Fsp3) is 0.875. The molecule has 0 aliphatic carbocycles. The smallest absolute Gasteiger partial charge is 0.240 e. The van der Waals surface area contributed by atoms with Gasteiger partial charge < -0.3 is 40.5 Å². The average Bonchev–Trinajstić information content (AvgIpc) is 3.07. The summed E-state index contributed by atoms with van der Waals surface area (Å²) >= 11 is 1.17. The van der Waals surface area contributed by atoms with E-state index >= 15 is 0 Å². The summed E-state index contributed by atoms with van der Waals surface area (Å²) in [6.45, 7) is 5.83. The molecule has 0 spiro atoms. The third-order valence-electron chi connectivity index (χ3n) is 7.46. The van der Waals surface area contributed by atoms with Crippen molar-refractivity contribution in [3.63, 3.8) is 0 Å². The summed E-state index contributed by atoms with van der Waals surface area (Å²) in [5.41, 5.74) is -0.819. The van der Waals surface area contributed by atoms with Gasteiger partial charge in [-0.1, -0.05) is 26.0 Å². The molecule has 4 aliphatic rings. The van der Waals surface area contributed by atoms with Crippen molar-refractivity contribution < 1.29 is 34.7 Å². The molecule has 0 saturated carbocycles. The van der Waals surface area contributed by atoms with E-state index in [4.69, 9.17) is 9.47 Å². The molecule has 0 aromatic rings. The van der Waals surface area contributed by atoms with Gasteiger partial charge in [-0.15, -0.1) is 11.8 Å². The Kier molecular flexibility index (Phi) is 8.95. The molecule has 3 unspecified atom stereocenters. The van der Waals surface area contributed by atoms with Crippen LogP contribution in [0.4, 0.5) is 0 Å². The summed E-state index contributed by atoms with van der Waals surface area (Å²) in [5, 5.41) is 47.9. The highest BCUT2D eigenvalue weighted by Gasteiger charge is 2.49. The van der Waals surface area contributed by atoms with Crippen molar-refractivity contribution in [1.82, 2.24) is 10.6 Å². The monoisotopic (exact) mass is 500 g/mol. The highest BCUT2D eigenvalue weighted by molar-refractivity contribution is 7.99. The van der Waals surface area contributed by atoms with Crippen LogP contribution in [0.2, 0.25) is 0 Å². The van der Waals surface area contributed by atoms with Crippen LogP contribution < -0.4 is 10.6 Å². The number of carbonyl (C=O) groups excluding carboxylic acids is 1. The maximum Gasteiger partial charge on any atom is 0.240 e. The molecule has 10 heteroatoms. The Balaban J connectivity index is 1.46. The number of hydrogen-bond acceptors (Lipinski definition) is 9. The van der Waals surface area contributed by atoms with Crippen LogP contribution in [0.25, 0.3) is 0 Å². The molecule has 0 aromatic heterocycles. The highest BCUT2D eigenvalue weighted by atomic mass is 32.2. The quantitative estimate of drug-likeness (QED) is 0.289. The maximum absolute atomic E-state index is 13.4. The van der Waals surface area contributed by atoms with E-state index in [0.717, 1.165) is 25.8 Å². The van der Waals surface area contributed by atoms with Crippen LogP contribution in [0.5, 0.6) is 0 Å². The zero-order valence-electron chi connectivity index (χ0n) is 20.0. The first-order valence-corrected chi connectivity index (χ1v) is 13.6. The van der Waals surface area contributed by atoms with Gasteiger partial charge >= 0.3 is 0 Å². The number of carbonyl (C=O) groups is 1. The summed E-state index contributed by atoms with van der Waals surface area (Å²) < 4.78 is 12.1. The molecule has 194 valence electrons. The first kappa shape index (κ1) is 26.3. The number of hydrogen-bond donors (Lipinski definition) is 6. The summed E-state index contributed by atoms with van der Waals surface area (Å²) in [4.78, 5) is 13.4. The van der Waals surface area contributed by atoms with Gasteiger partial charge in [-0.25, -0.2) is 0 Å². The molecule has 34 heavy (non-hydrogen) atoms. The topological polar surface area (TPSA) is 141 Å². The lowest BCUT2D eigenvalue weighted by molar-refractivity contribution is -0.205. The van der Waals surface area contributed by atoms with Gasteiger partial charge in [-0.3, -0.25) is 4.79 Å². The summed E-state index contributed by atoms with van der Waals surface area (Å²) in [5.74, 6) is 1.56. The van der Waals surface area contributed by atoms with Gasteiger partial charge in [0.1, 0.15) is 35.9 Å². The van der Waals surface area contributed by atoms with Gasteiger partial charge in [0, 0.05) is 18.9 Å². The van der Waals surface area contributed by atoms with Crippen molar-refractivity contribution in [2.75, 3.05) is 18.9 Å². The molecule has 6 N–H and O–H groups in total.